The van der Waals surface area contributed by atoms with Crippen molar-refractivity contribution < 1.29 is 18.0 Å². The average molecular weight is 300 g/mol. The second-order valence-electron chi connectivity index (χ2n) is 5.54. The van der Waals surface area contributed by atoms with Crippen molar-refractivity contribution in [3.05, 3.63) is 29.8 Å². The molecule has 0 radical (unpaired) electrons. The molecular weight excluding hydrogens is 281 g/mol. The predicted molar refractivity (Wildman–Crippen MR) is 75.1 cm³/mol. The second-order valence-corrected chi connectivity index (χ2v) is 5.54. The first kappa shape index (κ1) is 15.7. The molecule has 6 heteroatoms. The van der Waals surface area contributed by atoms with Gasteiger partial charge in [-0.3, -0.25) is 0 Å². The van der Waals surface area contributed by atoms with Gasteiger partial charge in [-0.2, -0.15) is 13.2 Å². The Balaban J connectivity index is 2.12. The zero-order chi connectivity index (χ0) is 15.6. The van der Waals surface area contributed by atoms with E-state index in [1.807, 2.05) is 13.8 Å². The monoisotopic (exact) mass is 300 g/mol. The van der Waals surface area contributed by atoms with Gasteiger partial charge in [0.1, 0.15) is 0 Å². The molecule has 3 nitrogen and oxygen atoms in total. The maximum Gasteiger partial charge on any atom is 0.416 e. The van der Waals surface area contributed by atoms with Crippen molar-refractivity contribution in [3.8, 4) is 0 Å². The summed E-state index contributed by atoms with van der Waals surface area (Å²) in [5, 5.41) is 2.57. The van der Waals surface area contributed by atoms with E-state index in [4.69, 9.17) is 0 Å². The van der Waals surface area contributed by atoms with Gasteiger partial charge in [-0.05, 0) is 51.3 Å². The highest BCUT2D eigenvalue weighted by atomic mass is 19.4. The van der Waals surface area contributed by atoms with Crippen LogP contribution in [0, 0.1) is 0 Å². The first-order valence-corrected chi connectivity index (χ1v) is 7.05. The van der Waals surface area contributed by atoms with Crippen LogP contribution in [0.5, 0.6) is 0 Å². The summed E-state index contributed by atoms with van der Waals surface area (Å²) in [6, 6.07) is 4.56. The van der Waals surface area contributed by atoms with Gasteiger partial charge < -0.3 is 10.2 Å². The molecule has 1 aliphatic heterocycles. The molecule has 1 heterocycles. The number of hydrogen-bond acceptors (Lipinski definition) is 1. The third kappa shape index (κ3) is 3.68. The highest BCUT2D eigenvalue weighted by Gasteiger charge is 2.31. The molecule has 1 saturated heterocycles. The van der Waals surface area contributed by atoms with E-state index < -0.39 is 11.7 Å². The number of hydrogen-bond donors (Lipinski definition) is 1. The van der Waals surface area contributed by atoms with Crippen LogP contribution in [0.25, 0.3) is 0 Å². The fraction of sp³-hybridized carbons (Fsp3) is 0.533. The number of urea groups is 1. The number of nitrogens with zero attached hydrogens (tertiary/aromatic N) is 1. The van der Waals surface area contributed by atoms with Crippen molar-refractivity contribution >= 4 is 11.7 Å². The van der Waals surface area contributed by atoms with Gasteiger partial charge in [0, 0.05) is 17.8 Å². The SMILES string of the molecule is C[C@@H]1CCC[C@H](C)N1C(=O)Nc1cccc(C(F)(F)F)c1. The Kier molecular flexibility index (Phi) is 4.44. The third-order valence-electron chi connectivity index (χ3n) is 3.87. The topological polar surface area (TPSA) is 32.3 Å². The van der Waals surface area contributed by atoms with E-state index in [1.54, 1.807) is 4.90 Å². The quantitative estimate of drug-likeness (QED) is 0.813. The molecule has 0 saturated carbocycles. The van der Waals surface area contributed by atoms with Gasteiger partial charge in [0.25, 0.3) is 0 Å². The maximum absolute atomic E-state index is 12.7. The van der Waals surface area contributed by atoms with E-state index in [9.17, 15) is 18.0 Å². The zero-order valence-electron chi connectivity index (χ0n) is 12.1. The molecule has 0 bridgehead atoms. The van der Waals surface area contributed by atoms with Crippen molar-refractivity contribution in [2.45, 2.75) is 51.4 Å². The molecule has 1 aromatic rings. The Bertz CT molecular complexity index is 506. The molecule has 2 amide bonds. The van der Waals surface area contributed by atoms with Crippen LogP contribution >= 0.6 is 0 Å². The van der Waals surface area contributed by atoms with Gasteiger partial charge in [-0.1, -0.05) is 6.07 Å². The molecule has 0 spiro atoms. The van der Waals surface area contributed by atoms with Crippen LogP contribution in [-0.2, 0) is 6.18 Å². The smallest absolute Gasteiger partial charge is 0.319 e. The number of benzene rings is 1. The van der Waals surface area contributed by atoms with Crippen LogP contribution in [0.3, 0.4) is 0 Å². The molecule has 1 N–H and O–H groups in total. The fourth-order valence-corrected chi connectivity index (χ4v) is 2.78. The van der Waals surface area contributed by atoms with Crippen molar-refractivity contribution in [2.24, 2.45) is 0 Å². The van der Waals surface area contributed by atoms with E-state index in [2.05, 4.69) is 5.32 Å². The number of alkyl halides is 3. The molecule has 2 atom stereocenters. The summed E-state index contributed by atoms with van der Waals surface area (Å²) >= 11 is 0. The van der Waals surface area contributed by atoms with E-state index in [-0.39, 0.29) is 23.8 Å². The molecule has 0 aliphatic carbocycles. The molecule has 116 valence electrons. The Labute approximate surface area is 122 Å². The van der Waals surface area contributed by atoms with Crippen LogP contribution in [-0.4, -0.2) is 23.0 Å². The molecular formula is C15H19F3N2O. The minimum atomic E-state index is -4.41. The Morgan fingerprint density at radius 2 is 1.86 bits per heavy atom. The molecule has 0 aromatic heterocycles. The summed E-state index contributed by atoms with van der Waals surface area (Å²) in [6.45, 7) is 3.92. The largest absolute Gasteiger partial charge is 0.416 e. The van der Waals surface area contributed by atoms with E-state index >= 15 is 0 Å². The van der Waals surface area contributed by atoms with Gasteiger partial charge >= 0.3 is 12.2 Å². The van der Waals surface area contributed by atoms with Crippen LogP contribution < -0.4 is 5.32 Å². The van der Waals surface area contributed by atoms with Crippen molar-refractivity contribution in [2.75, 3.05) is 5.32 Å². The number of nitrogens with one attached hydrogen (secondary N) is 1. The molecule has 0 unspecified atom stereocenters. The molecule has 1 aromatic carbocycles. The van der Waals surface area contributed by atoms with Crippen molar-refractivity contribution in [1.29, 1.82) is 0 Å². The summed E-state index contributed by atoms with van der Waals surface area (Å²) in [5.74, 6) is 0. The third-order valence-corrected chi connectivity index (χ3v) is 3.87. The second kappa shape index (κ2) is 5.95. The molecule has 1 fully saturated rings. The van der Waals surface area contributed by atoms with Crippen molar-refractivity contribution in [1.82, 2.24) is 4.90 Å². The highest BCUT2D eigenvalue weighted by Crippen LogP contribution is 2.31. The van der Waals surface area contributed by atoms with Crippen molar-refractivity contribution in [3.63, 3.8) is 0 Å². The van der Waals surface area contributed by atoms with Crippen LogP contribution in [0.4, 0.5) is 23.7 Å². The summed E-state index contributed by atoms with van der Waals surface area (Å²) < 4.78 is 38.0. The highest BCUT2D eigenvalue weighted by molar-refractivity contribution is 5.89. The summed E-state index contributed by atoms with van der Waals surface area (Å²) in [4.78, 5) is 14.0. The number of likely N-dealkylation sites (tertiary alicyclic amines) is 1. The Morgan fingerprint density at radius 1 is 1.24 bits per heavy atom. The average Bonchev–Trinajstić information content (AvgIpc) is 2.37. The Hall–Kier alpha value is -1.72. The van der Waals surface area contributed by atoms with Gasteiger partial charge in [-0.15, -0.1) is 0 Å². The lowest BCUT2D eigenvalue weighted by atomic mass is 9.98. The number of carbonyl (C=O) groups is 1. The number of anilines is 1. The lowest BCUT2D eigenvalue weighted by molar-refractivity contribution is -0.137. The first-order valence-electron chi connectivity index (χ1n) is 7.05. The summed E-state index contributed by atoms with van der Waals surface area (Å²) in [5.41, 5.74) is -0.597. The number of carbonyl (C=O) groups excluding carboxylic acids is 1. The zero-order valence-corrected chi connectivity index (χ0v) is 12.1. The van der Waals surface area contributed by atoms with E-state index in [0.717, 1.165) is 31.4 Å². The maximum atomic E-state index is 12.7. The number of piperidine rings is 1. The van der Waals surface area contributed by atoms with Gasteiger partial charge in [-0.25, -0.2) is 4.79 Å². The lowest BCUT2D eigenvalue weighted by Crippen LogP contribution is -2.49. The minimum Gasteiger partial charge on any atom is -0.319 e. The fourth-order valence-electron chi connectivity index (χ4n) is 2.78. The van der Waals surface area contributed by atoms with Crippen LogP contribution in [0.15, 0.2) is 24.3 Å². The summed E-state index contributed by atoms with van der Waals surface area (Å²) in [7, 11) is 0. The number of amides is 2. The lowest BCUT2D eigenvalue weighted by Gasteiger charge is -2.38. The van der Waals surface area contributed by atoms with E-state index in [1.165, 1.54) is 12.1 Å². The molecule has 21 heavy (non-hydrogen) atoms. The number of rotatable bonds is 1. The van der Waals surface area contributed by atoms with Gasteiger partial charge in [0.15, 0.2) is 0 Å². The van der Waals surface area contributed by atoms with E-state index in [0.29, 0.717) is 0 Å². The normalized spacial score (nSPS) is 23.0. The van der Waals surface area contributed by atoms with Gasteiger partial charge in [0.2, 0.25) is 0 Å². The number of halogens is 3. The predicted octanol–water partition coefficient (Wildman–Crippen LogP) is 4.50. The molecule has 1 aliphatic rings. The molecule has 2 rings (SSSR count). The standard InChI is InChI=1S/C15H19F3N2O/c1-10-5-3-6-11(2)20(10)14(21)19-13-8-4-7-12(9-13)15(16,17)18/h4,7-11H,3,5-6H2,1-2H3,(H,19,21)/t10-,11+. The van der Waals surface area contributed by atoms with Gasteiger partial charge in [0.05, 0.1) is 5.56 Å². The first-order chi connectivity index (χ1) is 9.79. The van der Waals surface area contributed by atoms with Crippen LogP contribution in [0.1, 0.15) is 38.7 Å². The minimum absolute atomic E-state index is 0.0968. The summed E-state index contributed by atoms with van der Waals surface area (Å²) in [6.07, 6.45) is -1.51. The van der Waals surface area contributed by atoms with Crippen LogP contribution in [0.2, 0.25) is 0 Å². The Morgan fingerprint density at radius 3 is 2.43 bits per heavy atom.